The van der Waals surface area contributed by atoms with Crippen LogP contribution < -0.4 is 5.32 Å². The summed E-state index contributed by atoms with van der Waals surface area (Å²) in [6, 6.07) is 3.80. The van der Waals surface area contributed by atoms with Crippen molar-refractivity contribution in [2.24, 2.45) is 5.92 Å². The summed E-state index contributed by atoms with van der Waals surface area (Å²) < 4.78 is 40.7. The van der Waals surface area contributed by atoms with Gasteiger partial charge in [0.2, 0.25) is 15.9 Å². The van der Waals surface area contributed by atoms with Gasteiger partial charge >= 0.3 is 0 Å². The van der Waals surface area contributed by atoms with Gasteiger partial charge in [-0.2, -0.15) is 4.31 Å². The predicted molar refractivity (Wildman–Crippen MR) is 87.4 cm³/mol. The number of carbonyl (C=O) groups excluding carboxylic acids is 1. The first kappa shape index (κ1) is 17.3. The minimum atomic E-state index is -3.72. The van der Waals surface area contributed by atoms with E-state index in [1.54, 1.807) is 14.0 Å². The van der Waals surface area contributed by atoms with Gasteiger partial charge in [0.25, 0.3) is 0 Å². The normalized spacial score (nSPS) is 28.1. The number of benzene rings is 1. The van der Waals surface area contributed by atoms with Crippen molar-refractivity contribution in [3.63, 3.8) is 0 Å². The summed E-state index contributed by atoms with van der Waals surface area (Å²) in [7, 11) is -0.263. The highest BCUT2D eigenvalue weighted by Gasteiger charge is 2.49. The second-order valence-corrected chi connectivity index (χ2v) is 8.53. The van der Waals surface area contributed by atoms with E-state index < -0.39 is 15.8 Å². The zero-order chi connectivity index (χ0) is 17.6. The molecule has 8 heteroatoms. The lowest BCUT2D eigenvalue weighted by atomic mass is 10.0. The van der Waals surface area contributed by atoms with Crippen LogP contribution in [0.5, 0.6) is 0 Å². The van der Waals surface area contributed by atoms with Gasteiger partial charge in [-0.3, -0.25) is 9.69 Å². The van der Waals surface area contributed by atoms with Crippen LogP contribution in [0.4, 0.5) is 4.39 Å². The Balaban J connectivity index is 1.79. The summed E-state index contributed by atoms with van der Waals surface area (Å²) in [4.78, 5) is 13.8. The molecular formula is C16H22FN3O3S. The Hall–Kier alpha value is -1.51. The number of nitrogens with zero attached hydrogens (tertiary/aromatic N) is 2. The van der Waals surface area contributed by atoms with E-state index in [1.807, 2.05) is 11.9 Å². The molecule has 3 atom stereocenters. The molecule has 0 radical (unpaired) electrons. The molecule has 0 bridgehead atoms. The smallest absolute Gasteiger partial charge is 0.243 e. The number of amides is 1. The maximum Gasteiger partial charge on any atom is 0.243 e. The molecule has 0 aromatic heterocycles. The molecule has 1 N–H and O–H groups in total. The summed E-state index contributed by atoms with van der Waals surface area (Å²) in [5.41, 5.74) is 0.417. The summed E-state index contributed by atoms with van der Waals surface area (Å²) in [6.45, 7) is 2.28. The van der Waals surface area contributed by atoms with Gasteiger partial charge in [-0.25, -0.2) is 12.8 Å². The minimum Gasteiger partial charge on any atom is -0.358 e. The number of likely N-dealkylation sites (tertiary alicyclic amines) is 1. The highest BCUT2D eigenvalue weighted by Crippen LogP contribution is 2.37. The number of carbonyl (C=O) groups is 1. The molecule has 1 amide bonds. The van der Waals surface area contributed by atoms with Crippen LogP contribution in [0.1, 0.15) is 12.0 Å². The van der Waals surface area contributed by atoms with Gasteiger partial charge < -0.3 is 5.32 Å². The van der Waals surface area contributed by atoms with Crippen molar-refractivity contribution in [2.75, 3.05) is 27.2 Å². The fourth-order valence-corrected chi connectivity index (χ4v) is 5.26. The quantitative estimate of drug-likeness (QED) is 0.861. The van der Waals surface area contributed by atoms with Gasteiger partial charge in [0.15, 0.2) is 0 Å². The van der Waals surface area contributed by atoms with Gasteiger partial charge in [-0.15, -0.1) is 0 Å². The van der Waals surface area contributed by atoms with Crippen LogP contribution in [-0.4, -0.2) is 62.8 Å². The highest BCUT2D eigenvalue weighted by atomic mass is 32.2. The molecule has 132 valence electrons. The maximum absolute atomic E-state index is 13.7. The van der Waals surface area contributed by atoms with E-state index in [2.05, 4.69) is 5.32 Å². The first-order valence-electron chi connectivity index (χ1n) is 7.95. The monoisotopic (exact) mass is 355 g/mol. The van der Waals surface area contributed by atoms with Crippen molar-refractivity contribution in [1.29, 1.82) is 0 Å². The molecule has 0 unspecified atom stereocenters. The Bertz CT molecular complexity index is 768. The lowest BCUT2D eigenvalue weighted by molar-refractivity contribution is -0.125. The number of sulfonamides is 1. The second kappa shape index (κ2) is 6.09. The molecule has 0 saturated carbocycles. The van der Waals surface area contributed by atoms with Crippen molar-refractivity contribution in [2.45, 2.75) is 30.3 Å². The van der Waals surface area contributed by atoms with Crippen molar-refractivity contribution in [1.82, 2.24) is 14.5 Å². The number of halogens is 1. The molecule has 1 aromatic carbocycles. The van der Waals surface area contributed by atoms with E-state index in [0.717, 1.165) is 6.07 Å². The SMILES string of the molecule is CNC(=O)[C@@H]1C[C@H]2CN(S(=O)(=O)c3ccc(C)c(F)c3)C[C@H]2N1C. The van der Waals surface area contributed by atoms with Crippen LogP contribution in [0.15, 0.2) is 23.1 Å². The molecule has 0 spiro atoms. The van der Waals surface area contributed by atoms with Gasteiger partial charge in [0.05, 0.1) is 10.9 Å². The van der Waals surface area contributed by atoms with Gasteiger partial charge in [0.1, 0.15) is 5.82 Å². The summed E-state index contributed by atoms with van der Waals surface area (Å²) in [5, 5.41) is 2.65. The number of fused-ring (bicyclic) bond motifs is 1. The third kappa shape index (κ3) is 2.72. The Kier molecular flexibility index (Phi) is 4.39. The molecule has 2 fully saturated rings. The van der Waals surface area contributed by atoms with Gasteiger partial charge in [-0.1, -0.05) is 6.07 Å². The first-order chi connectivity index (χ1) is 11.3. The summed E-state index contributed by atoms with van der Waals surface area (Å²) in [6.07, 6.45) is 0.634. The molecule has 6 nitrogen and oxygen atoms in total. The zero-order valence-electron chi connectivity index (χ0n) is 14.0. The Labute approximate surface area is 141 Å². The van der Waals surface area contributed by atoms with E-state index in [0.29, 0.717) is 25.1 Å². The Morgan fingerprint density at radius 2 is 2.04 bits per heavy atom. The zero-order valence-corrected chi connectivity index (χ0v) is 14.8. The fourth-order valence-electron chi connectivity index (χ4n) is 3.73. The van der Waals surface area contributed by atoms with Crippen molar-refractivity contribution in [3.05, 3.63) is 29.6 Å². The van der Waals surface area contributed by atoms with E-state index in [9.17, 15) is 17.6 Å². The summed E-state index contributed by atoms with van der Waals surface area (Å²) >= 11 is 0. The van der Waals surface area contributed by atoms with Crippen LogP contribution in [0.3, 0.4) is 0 Å². The van der Waals surface area contributed by atoms with E-state index in [1.165, 1.54) is 16.4 Å². The van der Waals surface area contributed by atoms with Crippen LogP contribution >= 0.6 is 0 Å². The van der Waals surface area contributed by atoms with Crippen molar-refractivity contribution in [3.8, 4) is 0 Å². The minimum absolute atomic E-state index is 0.0115. The lowest BCUT2D eigenvalue weighted by Gasteiger charge is -2.25. The third-order valence-corrected chi connectivity index (χ3v) is 7.07. The number of likely N-dealkylation sites (N-methyl/N-ethyl adjacent to an activating group) is 2. The molecule has 24 heavy (non-hydrogen) atoms. The average molecular weight is 355 g/mol. The standard InChI is InChI=1S/C16H22FN3O3S/c1-10-4-5-12(7-13(10)17)24(22,23)20-8-11-6-14(16(21)18-2)19(3)15(11)9-20/h4-5,7,11,14-15H,6,8-9H2,1-3H3,(H,18,21)/t11-,14-,15+/m0/s1. The van der Waals surface area contributed by atoms with Crippen molar-refractivity contribution < 1.29 is 17.6 Å². The van der Waals surface area contributed by atoms with E-state index in [-0.39, 0.29) is 28.8 Å². The largest absolute Gasteiger partial charge is 0.358 e. The third-order valence-electron chi connectivity index (χ3n) is 5.24. The molecule has 2 aliphatic heterocycles. The summed E-state index contributed by atoms with van der Waals surface area (Å²) in [5.74, 6) is -0.448. The number of nitrogens with one attached hydrogen (secondary N) is 1. The van der Waals surface area contributed by atoms with Crippen LogP contribution in [-0.2, 0) is 14.8 Å². The number of hydrogen-bond acceptors (Lipinski definition) is 4. The Morgan fingerprint density at radius 3 is 2.62 bits per heavy atom. The number of hydrogen-bond donors (Lipinski definition) is 1. The Morgan fingerprint density at radius 1 is 1.33 bits per heavy atom. The van der Waals surface area contributed by atoms with E-state index >= 15 is 0 Å². The lowest BCUT2D eigenvalue weighted by Crippen LogP contribution is -2.45. The van der Waals surface area contributed by atoms with Gasteiger partial charge in [-0.05, 0) is 44.0 Å². The molecule has 3 rings (SSSR count). The predicted octanol–water partition coefficient (Wildman–Crippen LogP) is 0.573. The van der Waals surface area contributed by atoms with Crippen LogP contribution in [0, 0.1) is 18.7 Å². The molecule has 2 aliphatic rings. The fraction of sp³-hybridized carbons (Fsp3) is 0.562. The molecular weight excluding hydrogens is 333 g/mol. The van der Waals surface area contributed by atoms with Crippen molar-refractivity contribution >= 4 is 15.9 Å². The topological polar surface area (TPSA) is 69.7 Å². The molecule has 2 saturated heterocycles. The molecule has 0 aliphatic carbocycles. The maximum atomic E-state index is 13.7. The highest BCUT2D eigenvalue weighted by molar-refractivity contribution is 7.89. The van der Waals surface area contributed by atoms with E-state index in [4.69, 9.17) is 0 Å². The van der Waals surface area contributed by atoms with Crippen LogP contribution in [0.25, 0.3) is 0 Å². The number of rotatable bonds is 3. The average Bonchev–Trinajstić information content (AvgIpc) is 3.09. The van der Waals surface area contributed by atoms with Gasteiger partial charge in [0, 0.05) is 26.2 Å². The first-order valence-corrected chi connectivity index (χ1v) is 9.39. The number of aryl methyl sites for hydroxylation is 1. The second-order valence-electron chi connectivity index (χ2n) is 6.59. The molecule has 2 heterocycles. The molecule has 1 aromatic rings. The van der Waals surface area contributed by atoms with Crippen LogP contribution in [0.2, 0.25) is 0 Å².